The Morgan fingerprint density at radius 2 is 1.28 bits per heavy atom. The highest BCUT2D eigenvalue weighted by molar-refractivity contribution is 5.21. The first kappa shape index (κ1) is 28.6. The molecule has 1 aliphatic rings. The fourth-order valence-electron chi connectivity index (χ4n) is 2.39. The fraction of sp³-hybridized carbons (Fsp3) is 0.882. The first-order valence-corrected chi connectivity index (χ1v) is 9.02. The van der Waals surface area contributed by atoms with Crippen LogP contribution in [0.2, 0.25) is 0 Å². The van der Waals surface area contributed by atoms with Gasteiger partial charge in [-0.25, -0.2) is 0 Å². The summed E-state index contributed by atoms with van der Waals surface area (Å²) in [5, 5.41) is 0. The Kier molecular flexibility index (Phi) is 8.78. The number of unbranched alkanes of at least 4 members (excludes halogenated alkanes) is 2. The maximum atomic E-state index is 13.4. The van der Waals surface area contributed by atoms with Crippen LogP contribution in [-0.2, 0) is 9.47 Å². The van der Waals surface area contributed by atoms with Gasteiger partial charge in [-0.15, -0.1) is 0 Å². The minimum atomic E-state index is -7.91. The van der Waals surface area contributed by atoms with Gasteiger partial charge in [0.2, 0.25) is 0 Å². The summed E-state index contributed by atoms with van der Waals surface area (Å²) in [7, 11) is 0. The van der Waals surface area contributed by atoms with Crippen LogP contribution in [0.5, 0.6) is 0 Å². The van der Waals surface area contributed by atoms with E-state index in [0.717, 1.165) is 12.8 Å². The molecule has 2 nitrogen and oxygen atoms in total. The molecule has 0 spiro atoms. The lowest BCUT2D eigenvalue weighted by Gasteiger charge is -2.38. The highest BCUT2D eigenvalue weighted by Gasteiger charge is 2.90. The second kappa shape index (κ2) is 9.82. The number of hydrogen-bond acceptors (Lipinski definition) is 2. The molecule has 1 atom stereocenters. The van der Waals surface area contributed by atoms with Crippen LogP contribution < -0.4 is 0 Å². The van der Waals surface area contributed by atoms with E-state index in [1.807, 2.05) is 0 Å². The molecule has 1 aliphatic heterocycles. The summed E-state index contributed by atoms with van der Waals surface area (Å²) in [5.41, 5.74) is 0. The molecule has 0 aliphatic carbocycles. The maximum Gasteiger partial charge on any atom is 0.460 e. The monoisotopic (exact) mass is 500 g/mol. The predicted octanol–water partition coefficient (Wildman–Crippen LogP) is 6.44. The van der Waals surface area contributed by atoms with Crippen molar-refractivity contribution < 1.29 is 66.5 Å². The Bertz CT molecular complexity index is 670. The van der Waals surface area contributed by atoms with Gasteiger partial charge in [-0.3, -0.25) is 0 Å². The Morgan fingerprint density at radius 3 is 1.78 bits per heavy atom. The van der Waals surface area contributed by atoms with Gasteiger partial charge < -0.3 is 9.47 Å². The molecule has 188 valence electrons. The van der Waals surface area contributed by atoms with E-state index in [1.54, 1.807) is 0 Å². The van der Waals surface area contributed by atoms with Crippen molar-refractivity contribution >= 4 is 0 Å². The minimum absolute atomic E-state index is 0.0374. The maximum absolute atomic E-state index is 13.4. The van der Waals surface area contributed by atoms with Crippen molar-refractivity contribution in [1.29, 1.82) is 0 Å². The summed E-state index contributed by atoms with van der Waals surface area (Å²) in [5.74, 6) is -35.6. The molecule has 0 aromatic carbocycles. The molecular weight excluding hydrogens is 483 g/mol. The second-order valence-electron chi connectivity index (χ2n) is 6.80. The van der Waals surface area contributed by atoms with Crippen LogP contribution in [0.3, 0.4) is 0 Å². The average molecular weight is 500 g/mol. The fourth-order valence-corrected chi connectivity index (χ4v) is 2.39. The van der Waals surface area contributed by atoms with Crippen LogP contribution in [0, 0.1) is 11.8 Å². The molecule has 15 heteroatoms. The third kappa shape index (κ3) is 5.55. The largest absolute Gasteiger partial charge is 0.460 e. The van der Waals surface area contributed by atoms with Crippen LogP contribution >= 0.6 is 0 Å². The van der Waals surface area contributed by atoms with Gasteiger partial charge in [0.25, 0.3) is 0 Å². The van der Waals surface area contributed by atoms with E-state index in [4.69, 9.17) is 9.47 Å². The van der Waals surface area contributed by atoms with E-state index >= 15 is 0 Å². The van der Waals surface area contributed by atoms with Crippen molar-refractivity contribution in [2.45, 2.75) is 80.6 Å². The van der Waals surface area contributed by atoms with E-state index in [2.05, 4.69) is 0 Å². The SMILES string of the molecule is FC(F)(F)C(F)(F)C(F)(F)C(F)(F)C(F)(F)C(F)(F)C#CCCCCOC1CCCCO1. The number of alkyl halides is 13. The van der Waals surface area contributed by atoms with Crippen LogP contribution in [0.15, 0.2) is 0 Å². The lowest BCUT2D eigenvalue weighted by molar-refractivity contribution is -0.435. The Labute approximate surface area is 173 Å². The van der Waals surface area contributed by atoms with Crippen molar-refractivity contribution in [3.8, 4) is 11.8 Å². The molecule has 0 saturated carbocycles. The quantitative estimate of drug-likeness (QED) is 0.206. The van der Waals surface area contributed by atoms with Crippen molar-refractivity contribution in [1.82, 2.24) is 0 Å². The number of rotatable bonds is 9. The highest BCUT2D eigenvalue weighted by Crippen LogP contribution is 2.60. The Hall–Kier alpha value is -1.43. The molecule has 0 amide bonds. The topological polar surface area (TPSA) is 18.5 Å². The third-order valence-corrected chi connectivity index (χ3v) is 4.32. The zero-order valence-electron chi connectivity index (χ0n) is 16.0. The van der Waals surface area contributed by atoms with Gasteiger partial charge in [0.15, 0.2) is 6.29 Å². The summed E-state index contributed by atoms with van der Waals surface area (Å²) in [4.78, 5) is 0. The molecule has 0 N–H and O–H groups in total. The molecule has 0 aromatic heterocycles. The van der Waals surface area contributed by atoms with Crippen molar-refractivity contribution in [2.24, 2.45) is 0 Å². The number of hydrogen-bond donors (Lipinski definition) is 0. The van der Waals surface area contributed by atoms with Crippen LogP contribution in [0.25, 0.3) is 0 Å². The second-order valence-corrected chi connectivity index (χ2v) is 6.80. The summed E-state index contributed by atoms with van der Waals surface area (Å²) in [6.07, 6.45) is -6.24. The minimum Gasteiger partial charge on any atom is -0.353 e. The van der Waals surface area contributed by atoms with Crippen molar-refractivity contribution in [2.75, 3.05) is 13.2 Å². The molecule has 1 unspecified atom stereocenters. The molecule has 0 bridgehead atoms. The lowest BCUT2D eigenvalue weighted by Crippen LogP contribution is -2.69. The summed E-state index contributed by atoms with van der Waals surface area (Å²) in [6, 6.07) is 0. The molecule has 0 aromatic rings. The molecule has 1 saturated heterocycles. The predicted molar refractivity (Wildman–Crippen MR) is 82.0 cm³/mol. The van der Waals surface area contributed by atoms with Crippen molar-refractivity contribution in [3.05, 3.63) is 0 Å². The standard InChI is InChI=1S/C17H17F13O2/c18-12(19,8-4-1-2-5-9-31-11-7-3-6-10-32-11)13(20,21)14(22,23)15(24,25)16(26,27)17(28,29)30/h11H,1-3,5-7,9-10H2. The Balaban J connectivity index is 2.79. The number of halogens is 13. The molecule has 0 radical (unpaired) electrons. The average Bonchev–Trinajstić information content (AvgIpc) is 2.66. The zero-order chi connectivity index (χ0) is 25.1. The molecule has 1 fully saturated rings. The van der Waals surface area contributed by atoms with E-state index in [1.165, 1.54) is 5.92 Å². The lowest BCUT2D eigenvalue weighted by atomic mass is 9.94. The van der Waals surface area contributed by atoms with Gasteiger partial charge in [0, 0.05) is 19.6 Å². The van der Waals surface area contributed by atoms with Gasteiger partial charge in [-0.2, -0.15) is 57.1 Å². The van der Waals surface area contributed by atoms with E-state index < -0.39 is 48.5 Å². The van der Waals surface area contributed by atoms with Gasteiger partial charge in [-0.05, 0) is 38.0 Å². The summed E-state index contributed by atoms with van der Waals surface area (Å²) < 4.78 is 178. The van der Waals surface area contributed by atoms with Gasteiger partial charge in [0.1, 0.15) is 0 Å². The summed E-state index contributed by atoms with van der Waals surface area (Å²) in [6.45, 7) is 0.508. The van der Waals surface area contributed by atoms with Crippen LogP contribution in [0.4, 0.5) is 57.1 Å². The van der Waals surface area contributed by atoms with E-state index in [9.17, 15) is 57.1 Å². The Morgan fingerprint density at radius 1 is 0.719 bits per heavy atom. The smallest absolute Gasteiger partial charge is 0.353 e. The third-order valence-electron chi connectivity index (χ3n) is 4.32. The van der Waals surface area contributed by atoms with Crippen LogP contribution in [-0.4, -0.2) is 55.3 Å². The molecule has 1 heterocycles. The molecular formula is C17H17F13O2. The highest BCUT2D eigenvalue weighted by atomic mass is 19.4. The zero-order valence-corrected chi connectivity index (χ0v) is 16.0. The van der Waals surface area contributed by atoms with E-state index in [0.29, 0.717) is 13.0 Å². The molecule has 1 rings (SSSR count). The van der Waals surface area contributed by atoms with E-state index in [-0.39, 0.29) is 25.4 Å². The van der Waals surface area contributed by atoms with Crippen LogP contribution in [0.1, 0.15) is 38.5 Å². The molecule has 32 heavy (non-hydrogen) atoms. The summed E-state index contributed by atoms with van der Waals surface area (Å²) >= 11 is 0. The first-order valence-electron chi connectivity index (χ1n) is 9.02. The van der Waals surface area contributed by atoms with Crippen molar-refractivity contribution in [3.63, 3.8) is 0 Å². The van der Waals surface area contributed by atoms with Gasteiger partial charge in [0.05, 0.1) is 0 Å². The number of ether oxygens (including phenoxy) is 2. The van der Waals surface area contributed by atoms with Gasteiger partial charge >= 0.3 is 35.8 Å². The van der Waals surface area contributed by atoms with Gasteiger partial charge in [-0.1, -0.05) is 5.92 Å². The normalized spacial score (nSPS) is 19.5. The first-order chi connectivity index (χ1) is 14.3.